The standard InChI is InChI=1S/C29H45N3O6S/c1-21(27(33)31-22(2)29(35)37-4)30-28(34)25-20-39-26(32-25)19-24-13-9-8-12-23(14-15-24)11-7-5-6-10-16-38-18-17-36-3/h20,23-24H,1-2,5-19H2,3-4H3,(H,30,34)(H,31,33). The molecular weight excluding hydrogens is 518 g/mol. The Labute approximate surface area is 236 Å². The van der Waals surface area contributed by atoms with Crippen molar-refractivity contribution in [3.63, 3.8) is 0 Å². The van der Waals surface area contributed by atoms with Gasteiger partial charge in [-0.25, -0.2) is 9.78 Å². The lowest BCUT2D eigenvalue weighted by atomic mass is 9.82. The number of carbonyl (C=O) groups is 3. The van der Waals surface area contributed by atoms with Crippen molar-refractivity contribution in [3.8, 4) is 0 Å². The first-order valence-electron chi connectivity index (χ1n) is 13.9. The highest BCUT2D eigenvalue weighted by Gasteiger charge is 2.21. The molecule has 39 heavy (non-hydrogen) atoms. The normalized spacial score (nSPS) is 17.5. The first-order chi connectivity index (χ1) is 18.8. The Hall–Kier alpha value is -2.56. The van der Waals surface area contributed by atoms with Gasteiger partial charge in [0.1, 0.15) is 11.4 Å². The predicted molar refractivity (Wildman–Crippen MR) is 152 cm³/mol. The summed E-state index contributed by atoms with van der Waals surface area (Å²) in [6.45, 7) is 9.15. The van der Waals surface area contributed by atoms with E-state index >= 15 is 0 Å². The topological polar surface area (TPSA) is 116 Å². The van der Waals surface area contributed by atoms with Gasteiger partial charge in [0.05, 0.1) is 31.0 Å². The van der Waals surface area contributed by atoms with Gasteiger partial charge in [0.2, 0.25) is 0 Å². The van der Waals surface area contributed by atoms with Crippen LogP contribution in [-0.4, -0.2) is 56.8 Å². The van der Waals surface area contributed by atoms with Crippen LogP contribution in [0, 0.1) is 11.8 Å². The number of nitrogens with one attached hydrogen (secondary N) is 2. The van der Waals surface area contributed by atoms with Crippen molar-refractivity contribution < 1.29 is 28.6 Å². The second-order valence-corrected chi connectivity index (χ2v) is 11.0. The molecule has 1 saturated carbocycles. The highest BCUT2D eigenvalue weighted by Crippen LogP contribution is 2.31. The van der Waals surface area contributed by atoms with Gasteiger partial charge < -0.3 is 24.8 Å². The first-order valence-corrected chi connectivity index (χ1v) is 14.8. The molecule has 1 aliphatic rings. The van der Waals surface area contributed by atoms with Crippen molar-refractivity contribution in [1.82, 2.24) is 15.6 Å². The molecule has 2 amide bonds. The number of methoxy groups -OCH3 is 2. The minimum atomic E-state index is -0.775. The molecule has 0 spiro atoms. The third-order valence-electron chi connectivity index (χ3n) is 7.02. The Bertz CT molecular complexity index is 947. The van der Waals surface area contributed by atoms with Crippen molar-refractivity contribution in [2.45, 2.75) is 77.0 Å². The molecule has 1 aromatic heterocycles. The molecule has 0 saturated heterocycles. The quantitative estimate of drug-likeness (QED) is 0.157. The van der Waals surface area contributed by atoms with E-state index in [1.165, 1.54) is 82.7 Å². The summed E-state index contributed by atoms with van der Waals surface area (Å²) < 4.78 is 15.0. The van der Waals surface area contributed by atoms with Gasteiger partial charge in [-0.15, -0.1) is 11.3 Å². The van der Waals surface area contributed by atoms with Gasteiger partial charge in [-0.3, -0.25) is 9.59 Å². The molecule has 2 atom stereocenters. The summed E-state index contributed by atoms with van der Waals surface area (Å²) >= 11 is 1.47. The van der Waals surface area contributed by atoms with Gasteiger partial charge in [0.25, 0.3) is 11.8 Å². The largest absolute Gasteiger partial charge is 0.464 e. The second-order valence-electron chi connectivity index (χ2n) is 10.1. The third-order valence-corrected chi connectivity index (χ3v) is 7.89. The van der Waals surface area contributed by atoms with E-state index in [0.717, 1.165) is 30.4 Å². The number of carbonyl (C=O) groups excluding carboxylic acids is 3. The molecule has 2 rings (SSSR count). The number of aromatic nitrogens is 1. The minimum absolute atomic E-state index is 0.207. The Morgan fingerprint density at radius 1 is 0.923 bits per heavy atom. The van der Waals surface area contributed by atoms with Crippen LogP contribution >= 0.6 is 11.3 Å². The number of rotatable bonds is 17. The maximum atomic E-state index is 12.6. The van der Waals surface area contributed by atoms with E-state index in [0.29, 0.717) is 19.1 Å². The summed E-state index contributed by atoms with van der Waals surface area (Å²) in [5, 5.41) is 7.32. The van der Waals surface area contributed by atoms with Crippen LogP contribution in [0.1, 0.15) is 86.1 Å². The van der Waals surface area contributed by atoms with Crippen LogP contribution in [0.25, 0.3) is 0 Å². The molecule has 2 unspecified atom stereocenters. The van der Waals surface area contributed by atoms with E-state index in [-0.39, 0.29) is 17.1 Å². The van der Waals surface area contributed by atoms with Crippen LogP contribution in [0.3, 0.4) is 0 Å². The molecule has 0 aliphatic heterocycles. The molecule has 1 aliphatic carbocycles. The van der Waals surface area contributed by atoms with Gasteiger partial charge in [-0.05, 0) is 24.7 Å². The summed E-state index contributed by atoms with van der Waals surface area (Å²) in [5.74, 6) is -0.659. The van der Waals surface area contributed by atoms with Crippen molar-refractivity contribution in [2.24, 2.45) is 11.8 Å². The predicted octanol–water partition coefficient (Wildman–Crippen LogP) is 4.93. The second kappa shape index (κ2) is 18.7. The maximum Gasteiger partial charge on any atom is 0.353 e. The Morgan fingerprint density at radius 3 is 2.38 bits per heavy atom. The van der Waals surface area contributed by atoms with E-state index < -0.39 is 17.8 Å². The number of unbranched alkanes of at least 4 members (excludes halogenated alkanes) is 3. The zero-order chi connectivity index (χ0) is 28.5. The fourth-order valence-corrected chi connectivity index (χ4v) is 5.64. The number of hydrogen-bond donors (Lipinski definition) is 2. The number of nitrogens with zero attached hydrogens (tertiary/aromatic N) is 1. The average Bonchev–Trinajstić information content (AvgIpc) is 3.38. The van der Waals surface area contributed by atoms with Crippen molar-refractivity contribution in [2.75, 3.05) is 34.0 Å². The molecule has 2 N–H and O–H groups in total. The molecule has 1 aromatic rings. The van der Waals surface area contributed by atoms with E-state index in [1.54, 1.807) is 12.5 Å². The molecule has 10 heteroatoms. The van der Waals surface area contributed by atoms with Gasteiger partial charge in [0, 0.05) is 25.5 Å². The zero-order valence-corrected chi connectivity index (χ0v) is 24.4. The van der Waals surface area contributed by atoms with E-state index in [4.69, 9.17) is 9.47 Å². The average molecular weight is 564 g/mol. The molecule has 1 heterocycles. The molecule has 0 aromatic carbocycles. The molecule has 9 nitrogen and oxygen atoms in total. The van der Waals surface area contributed by atoms with Crippen LogP contribution in [0.2, 0.25) is 0 Å². The lowest BCUT2D eigenvalue weighted by Crippen LogP contribution is -2.35. The Morgan fingerprint density at radius 2 is 1.64 bits per heavy atom. The highest BCUT2D eigenvalue weighted by atomic mass is 32.1. The van der Waals surface area contributed by atoms with Crippen LogP contribution in [-0.2, 0) is 30.2 Å². The van der Waals surface area contributed by atoms with Gasteiger partial charge in [0.15, 0.2) is 0 Å². The number of thiazole rings is 1. The number of ether oxygens (including phenoxy) is 3. The fraction of sp³-hybridized carbons (Fsp3) is 0.655. The van der Waals surface area contributed by atoms with Gasteiger partial charge in [-0.1, -0.05) is 70.9 Å². The van der Waals surface area contributed by atoms with Crippen LogP contribution in [0.15, 0.2) is 29.9 Å². The summed E-state index contributed by atoms with van der Waals surface area (Å²) in [4.78, 5) is 40.6. The van der Waals surface area contributed by atoms with Crippen molar-refractivity contribution >= 4 is 29.1 Å². The van der Waals surface area contributed by atoms with Gasteiger partial charge >= 0.3 is 5.97 Å². The molecule has 0 bridgehead atoms. The lowest BCUT2D eigenvalue weighted by Gasteiger charge is -2.24. The van der Waals surface area contributed by atoms with Crippen LogP contribution in [0.5, 0.6) is 0 Å². The molecular formula is C29H45N3O6S. The summed E-state index contributed by atoms with van der Waals surface area (Å²) in [7, 11) is 2.87. The summed E-state index contributed by atoms with van der Waals surface area (Å²) in [6, 6.07) is 0. The number of amides is 2. The van der Waals surface area contributed by atoms with E-state index in [2.05, 4.69) is 33.5 Å². The Balaban J connectivity index is 1.71. The van der Waals surface area contributed by atoms with Crippen molar-refractivity contribution in [3.05, 3.63) is 40.6 Å². The highest BCUT2D eigenvalue weighted by molar-refractivity contribution is 7.09. The number of hydrogen-bond acceptors (Lipinski definition) is 8. The smallest absolute Gasteiger partial charge is 0.353 e. The molecule has 1 fully saturated rings. The third kappa shape index (κ3) is 12.9. The summed E-state index contributed by atoms with van der Waals surface area (Å²) in [6.07, 6.45) is 14.6. The molecule has 0 radical (unpaired) electrons. The summed E-state index contributed by atoms with van der Waals surface area (Å²) in [5.41, 5.74) is -0.195. The van der Waals surface area contributed by atoms with Crippen LogP contribution < -0.4 is 10.6 Å². The van der Waals surface area contributed by atoms with Crippen molar-refractivity contribution in [1.29, 1.82) is 0 Å². The first kappa shape index (κ1) is 32.7. The lowest BCUT2D eigenvalue weighted by molar-refractivity contribution is -0.137. The monoisotopic (exact) mass is 563 g/mol. The molecule has 218 valence electrons. The zero-order valence-electron chi connectivity index (χ0n) is 23.6. The van der Waals surface area contributed by atoms with E-state index in [1.807, 2.05) is 0 Å². The maximum absolute atomic E-state index is 12.6. The SMILES string of the molecule is C=C(NC(=O)c1csc(CC2CCCCC(CCCCCCOCCOC)CC2)n1)C(=O)NC(=C)C(=O)OC. The van der Waals surface area contributed by atoms with E-state index in [9.17, 15) is 14.4 Å². The fourth-order valence-electron chi connectivity index (χ4n) is 4.75. The Kier molecular flexibility index (Phi) is 15.6. The number of esters is 1. The van der Waals surface area contributed by atoms with Crippen LogP contribution in [0.4, 0.5) is 0 Å². The van der Waals surface area contributed by atoms with Gasteiger partial charge in [-0.2, -0.15) is 0 Å². The minimum Gasteiger partial charge on any atom is -0.464 e.